The highest BCUT2D eigenvalue weighted by atomic mass is 15.1. The third kappa shape index (κ3) is 4.57. The molecule has 100 valence electrons. The molecule has 0 aromatic carbocycles. The molecule has 2 rings (SSSR count). The first kappa shape index (κ1) is 13.3. The Bertz CT molecular complexity index is 214. The molecule has 17 heavy (non-hydrogen) atoms. The van der Waals surface area contributed by atoms with E-state index in [0.29, 0.717) is 6.04 Å². The van der Waals surface area contributed by atoms with Crippen LogP contribution in [0.1, 0.15) is 39.0 Å². The van der Waals surface area contributed by atoms with Crippen LogP contribution in [0.5, 0.6) is 0 Å². The van der Waals surface area contributed by atoms with Crippen LogP contribution in [-0.4, -0.2) is 50.2 Å². The molecule has 0 amide bonds. The Morgan fingerprint density at radius 2 is 2.24 bits per heavy atom. The number of hydrogen-bond acceptors (Lipinski definition) is 3. The molecule has 2 aliphatic heterocycles. The largest absolute Gasteiger partial charge is 0.314 e. The Morgan fingerprint density at radius 1 is 1.35 bits per heavy atom. The second-order valence-corrected chi connectivity index (χ2v) is 6.11. The van der Waals surface area contributed by atoms with Crippen LogP contribution < -0.4 is 10.6 Å². The fourth-order valence-electron chi connectivity index (χ4n) is 3.28. The van der Waals surface area contributed by atoms with Gasteiger partial charge in [0.05, 0.1) is 0 Å². The van der Waals surface area contributed by atoms with Crippen LogP contribution in [0.15, 0.2) is 0 Å². The lowest BCUT2D eigenvalue weighted by atomic mass is 9.97. The topological polar surface area (TPSA) is 27.3 Å². The second-order valence-electron chi connectivity index (χ2n) is 6.11. The highest BCUT2D eigenvalue weighted by molar-refractivity contribution is 4.80. The number of piperidine rings is 1. The molecule has 2 N–H and O–H groups in total. The Balaban J connectivity index is 1.59. The summed E-state index contributed by atoms with van der Waals surface area (Å²) in [5.41, 5.74) is 0. The van der Waals surface area contributed by atoms with Crippen LogP contribution in [-0.2, 0) is 0 Å². The molecule has 2 saturated heterocycles. The predicted molar refractivity (Wildman–Crippen MR) is 73.3 cm³/mol. The van der Waals surface area contributed by atoms with E-state index in [1.807, 2.05) is 0 Å². The fourth-order valence-corrected chi connectivity index (χ4v) is 3.28. The minimum Gasteiger partial charge on any atom is -0.314 e. The summed E-state index contributed by atoms with van der Waals surface area (Å²) in [4.78, 5) is 2.47. The molecule has 0 saturated carbocycles. The van der Waals surface area contributed by atoms with E-state index >= 15 is 0 Å². The van der Waals surface area contributed by atoms with E-state index in [1.54, 1.807) is 0 Å². The van der Waals surface area contributed by atoms with E-state index in [-0.39, 0.29) is 0 Å². The minimum atomic E-state index is 0.665. The predicted octanol–water partition coefficient (Wildman–Crippen LogP) is 1.45. The van der Waals surface area contributed by atoms with Gasteiger partial charge in [-0.15, -0.1) is 0 Å². The molecule has 3 heteroatoms. The van der Waals surface area contributed by atoms with Crippen molar-refractivity contribution in [2.45, 2.75) is 51.1 Å². The van der Waals surface area contributed by atoms with Crippen molar-refractivity contribution in [3.05, 3.63) is 0 Å². The summed E-state index contributed by atoms with van der Waals surface area (Å²) in [6.07, 6.45) is 6.82. The van der Waals surface area contributed by atoms with Crippen LogP contribution >= 0.6 is 0 Å². The van der Waals surface area contributed by atoms with E-state index in [1.165, 1.54) is 58.3 Å². The highest BCUT2D eigenvalue weighted by Crippen LogP contribution is 2.15. The SMILES string of the molecule is CC(CC1CCCN1)NCC1CCCN(C)C1. The molecular formula is C14H29N3. The van der Waals surface area contributed by atoms with Crippen molar-refractivity contribution in [3.8, 4) is 0 Å². The van der Waals surface area contributed by atoms with Gasteiger partial charge in [0.2, 0.25) is 0 Å². The van der Waals surface area contributed by atoms with Crippen LogP contribution in [0, 0.1) is 5.92 Å². The lowest BCUT2D eigenvalue weighted by Gasteiger charge is -2.31. The van der Waals surface area contributed by atoms with Gasteiger partial charge in [0.25, 0.3) is 0 Å². The van der Waals surface area contributed by atoms with Gasteiger partial charge in [-0.3, -0.25) is 0 Å². The van der Waals surface area contributed by atoms with Crippen molar-refractivity contribution in [1.29, 1.82) is 0 Å². The van der Waals surface area contributed by atoms with Gasteiger partial charge in [0.1, 0.15) is 0 Å². The summed E-state index contributed by atoms with van der Waals surface area (Å²) < 4.78 is 0. The van der Waals surface area contributed by atoms with E-state index < -0.39 is 0 Å². The van der Waals surface area contributed by atoms with Crippen LogP contribution in [0.2, 0.25) is 0 Å². The van der Waals surface area contributed by atoms with E-state index in [9.17, 15) is 0 Å². The Labute approximate surface area is 106 Å². The second kappa shape index (κ2) is 6.72. The number of hydrogen-bond donors (Lipinski definition) is 2. The van der Waals surface area contributed by atoms with Crippen molar-refractivity contribution in [3.63, 3.8) is 0 Å². The summed E-state index contributed by atoms with van der Waals surface area (Å²) in [7, 11) is 2.25. The number of nitrogens with one attached hydrogen (secondary N) is 2. The van der Waals surface area contributed by atoms with Gasteiger partial charge in [-0.2, -0.15) is 0 Å². The molecule has 0 aromatic heterocycles. The summed E-state index contributed by atoms with van der Waals surface area (Å²) >= 11 is 0. The summed E-state index contributed by atoms with van der Waals surface area (Å²) in [5.74, 6) is 0.868. The Morgan fingerprint density at radius 3 is 2.94 bits per heavy atom. The standard InChI is InChI=1S/C14H29N3/c1-12(9-14-6-3-7-15-14)16-10-13-5-4-8-17(2)11-13/h12-16H,3-11H2,1-2H3. The van der Waals surface area contributed by atoms with Gasteiger partial charge in [0, 0.05) is 18.6 Å². The van der Waals surface area contributed by atoms with Gasteiger partial charge >= 0.3 is 0 Å². The van der Waals surface area contributed by atoms with E-state index in [2.05, 4.69) is 29.5 Å². The first-order valence-corrected chi connectivity index (χ1v) is 7.39. The number of likely N-dealkylation sites (tertiary alicyclic amines) is 1. The summed E-state index contributed by atoms with van der Waals surface area (Å²) in [5, 5.41) is 7.32. The summed E-state index contributed by atoms with van der Waals surface area (Å²) in [6, 6.07) is 1.43. The van der Waals surface area contributed by atoms with Gasteiger partial charge in [0.15, 0.2) is 0 Å². The number of nitrogens with zero attached hydrogens (tertiary/aromatic N) is 1. The lowest BCUT2D eigenvalue weighted by molar-refractivity contribution is 0.202. The molecule has 3 unspecified atom stereocenters. The van der Waals surface area contributed by atoms with Gasteiger partial charge in [-0.05, 0) is 71.6 Å². The molecule has 0 bridgehead atoms. The van der Waals surface area contributed by atoms with Crippen molar-refractivity contribution >= 4 is 0 Å². The zero-order valence-corrected chi connectivity index (χ0v) is 11.5. The van der Waals surface area contributed by atoms with Crippen molar-refractivity contribution in [2.24, 2.45) is 5.92 Å². The molecule has 0 spiro atoms. The van der Waals surface area contributed by atoms with Crippen molar-refractivity contribution in [1.82, 2.24) is 15.5 Å². The van der Waals surface area contributed by atoms with E-state index in [0.717, 1.165) is 12.0 Å². The zero-order chi connectivity index (χ0) is 12.1. The highest BCUT2D eigenvalue weighted by Gasteiger charge is 2.20. The smallest absolute Gasteiger partial charge is 0.00822 e. The molecule has 3 nitrogen and oxygen atoms in total. The molecule has 2 aliphatic rings. The molecule has 0 radical (unpaired) electrons. The average Bonchev–Trinajstić information content (AvgIpc) is 2.79. The maximum absolute atomic E-state index is 3.73. The van der Waals surface area contributed by atoms with Crippen LogP contribution in [0.4, 0.5) is 0 Å². The van der Waals surface area contributed by atoms with Crippen molar-refractivity contribution in [2.75, 3.05) is 33.2 Å². The Hall–Kier alpha value is -0.120. The quantitative estimate of drug-likeness (QED) is 0.760. The molecule has 0 aromatic rings. The molecule has 2 heterocycles. The van der Waals surface area contributed by atoms with Crippen LogP contribution in [0.3, 0.4) is 0 Å². The minimum absolute atomic E-state index is 0.665. The first-order chi connectivity index (χ1) is 8.24. The lowest BCUT2D eigenvalue weighted by Crippen LogP contribution is -2.41. The number of rotatable bonds is 5. The normalized spacial score (nSPS) is 32.8. The molecule has 2 fully saturated rings. The molecule has 3 atom stereocenters. The van der Waals surface area contributed by atoms with Gasteiger partial charge < -0.3 is 15.5 Å². The summed E-state index contributed by atoms with van der Waals surface area (Å²) in [6.45, 7) is 7.34. The van der Waals surface area contributed by atoms with E-state index in [4.69, 9.17) is 0 Å². The third-order valence-corrected chi connectivity index (χ3v) is 4.28. The monoisotopic (exact) mass is 239 g/mol. The Kier molecular flexibility index (Phi) is 5.26. The van der Waals surface area contributed by atoms with Gasteiger partial charge in [-0.1, -0.05) is 0 Å². The zero-order valence-electron chi connectivity index (χ0n) is 11.5. The molecule has 0 aliphatic carbocycles. The average molecular weight is 239 g/mol. The maximum Gasteiger partial charge on any atom is 0.00822 e. The first-order valence-electron chi connectivity index (χ1n) is 7.39. The maximum atomic E-state index is 3.73. The fraction of sp³-hybridized carbons (Fsp3) is 1.00. The van der Waals surface area contributed by atoms with Crippen molar-refractivity contribution < 1.29 is 0 Å². The van der Waals surface area contributed by atoms with Crippen LogP contribution in [0.25, 0.3) is 0 Å². The van der Waals surface area contributed by atoms with Gasteiger partial charge in [-0.25, -0.2) is 0 Å². The third-order valence-electron chi connectivity index (χ3n) is 4.28. The molecular weight excluding hydrogens is 210 g/mol.